The van der Waals surface area contributed by atoms with Gasteiger partial charge in [0.05, 0.1) is 11.0 Å². The van der Waals surface area contributed by atoms with Gasteiger partial charge in [-0.15, -0.1) is 0 Å². The van der Waals surface area contributed by atoms with E-state index in [0.717, 1.165) is 56.4 Å². The maximum Gasteiger partial charge on any atom is 0.190 e. The fourth-order valence-electron chi connectivity index (χ4n) is 2.57. The van der Waals surface area contributed by atoms with E-state index in [1.54, 1.807) is 14.2 Å². The molecular formula is C17H27N5O. The number of nitrogens with one attached hydrogen (secondary N) is 2. The number of para-hydroxylation sites is 2. The van der Waals surface area contributed by atoms with Crippen LogP contribution in [-0.2, 0) is 11.3 Å². The summed E-state index contributed by atoms with van der Waals surface area (Å²) in [6.45, 7) is 5.50. The van der Waals surface area contributed by atoms with Crippen molar-refractivity contribution in [3.8, 4) is 0 Å². The first-order chi connectivity index (χ1) is 11.3. The number of rotatable bonds is 8. The summed E-state index contributed by atoms with van der Waals surface area (Å²) < 4.78 is 7.30. The van der Waals surface area contributed by atoms with Crippen LogP contribution in [0.2, 0.25) is 0 Å². The minimum Gasteiger partial charge on any atom is -0.385 e. The maximum absolute atomic E-state index is 5.03. The van der Waals surface area contributed by atoms with E-state index in [1.165, 1.54) is 5.52 Å². The third-order valence-electron chi connectivity index (χ3n) is 3.74. The van der Waals surface area contributed by atoms with Gasteiger partial charge >= 0.3 is 0 Å². The van der Waals surface area contributed by atoms with Gasteiger partial charge in [-0.2, -0.15) is 0 Å². The van der Waals surface area contributed by atoms with E-state index in [-0.39, 0.29) is 0 Å². The predicted octanol–water partition coefficient (Wildman–Crippen LogP) is 1.94. The molecular weight excluding hydrogens is 290 g/mol. The van der Waals surface area contributed by atoms with E-state index in [9.17, 15) is 0 Å². The summed E-state index contributed by atoms with van der Waals surface area (Å²) in [5, 5.41) is 6.62. The molecule has 2 N–H and O–H groups in total. The number of ether oxygens (including phenoxy) is 1. The molecule has 0 radical (unpaired) electrons. The Kier molecular flexibility index (Phi) is 6.87. The zero-order valence-corrected chi connectivity index (χ0v) is 14.3. The van der Waals surface area contributed by atoms with Crippen molar-refractivity contribution in [1.29, 1.82) is 0 Å². The molecule has 126 valence electrons. The van der Waals surface area contributed by atoms with Crippen LogP contribution in [0, 0.1) is 6.92 Å². The SMILES string of the molecule is CN=C(NCCCOC)NCCCn1c(C)nc2ccccc21. The summed E-state index contributed by atoms with van der Waals surface area (Å²) in [5.41, 5.74) is 2.26. The molecule has 0 unspecified atom stereocenters. The molecule has 6 nitrogen and oxygen atoms in total. The second kappa shape index (κ2) is 9.15. The highest BCUT2D eigenvalue weighted by molar-refractivity contribution is 5.79. The van der Waals surface area contributed by atoms with E-state index in [2.05, 4.69) is 50.3 Å². The number of methoxy groups -OCH3 is 1. The number of aliphatic imine (C=N–C) groups is 1. The van der Waals surface area contributed by atoms with Crippen LogP contribution < -0.4 is 10.6 Å². The highest BCUT2D eigenvalue weighted by Crippen LogP contribution is 2.15. The summed E-state index contributed by atoms with van der Waals surface area (Å²) in [6, 6.07) is 8.27. The molecule has 0 saturated heterocycles. The van der Waals surface area contributed by atoms with Gasteiger partial charge in [0.25, 0.3) is 0 Å². The molecule has 0 bridgehead atoms. The van der Waals surface area contributed by atoms with Crippen LogP contribution in [0.5, 0.6) is 0 Å². The van der Waals surface area contributed by atoms with Crippen molar-refractivity contribution in [3.05, 3.63) is 30.1 Å². The lowest BCUT2D eigenvalue weighted by Gasteiger charge is -2.12. The summed E-state index contributed by atoms with van der Waals surface area (Å²) in [4.78, 5) is 8.82. The largest absolute Gasteiger partial charge is 0.385 e. The lowest BCUT2D eigenvalue weighted by atomic mass is 10.3. The molecule has 0 aliphatic heterocycles. The van der Waals surface area contributed by atoms with Gasteiger partial charge in [0.2, 0.25) is 0 Å². The first kappa shape index (κ1) is 17.3. The maximum atomic E-state index is 5.03. The Bertz CT molecular complexity index is 635. The molecule has 6 heteroatoms. The van der Waals surface area contributed by atoms with Crippen molar-refractivity contribution in [3.63, 3.8) is 0 Å². The number of guanidine groups is 1. The van der Waals surface area contributed by atoms with Gasteiger partial charge < -0.3 is 19.9 Å². The Morgan fingerprint density at radius 3 is 2.70 bits per heavy atom. The Morgan fingerprint density at radius 2 is 1.96 bits per heavy atom. The van der Waals surface area contributed by atoms with Crippen molar-refractivity contribution in [2.45, 2.75) is 26.3 Å². The van der Waals surface area contributed by atoms with E-state index in [0.29, 0.717) is 0 Å². The number of aromatic nitrogens is 2. The highest BCUT2D eigenvalue weighted by Gasteiger charge is 2.06. The Morgan fingerprint density at radius 1 is 1.22 bits per heavy atom. The first-order valence-corrected chi connectivity index (χ1v) is 8.11. The molecule has 0 saturated carbocycles. The molecule has 1 aromatic carbocycles. The second-order valence-electron chi connectivity index (χ2n) is 5.43. The minimum atomic E-state index is 0.761. The molecule has 0 aliphatic rings. The first-order valence-electron chi connectivity index (χ1n) is 8.11. The molecule has 0 aliphatic carbocycles. The van der Waals surface area contributed by atoms with Crippen LogP contribution in [0.3, 0.4) is 0 Å². The minimum absolute atomic E-state index is 0.761. The topological polar surface area (TPSA) is 63.5 Å². The van der Waals surface area contributed by atoms with Gasteiger partial charge in [0.1, 0.15) is 5.82 Å². The van der Waals surface area contributed by atoms with E-state index < -0.39 is 0 Å². The zero-order valence-electron chi connectivity index (χ0n) is 14.3. The standard InChI is InChI=1S/C17H27N5O/c1-14-21-15-8-4-5-9-16(15)22(14)12-6-10-19-17(18-2)20-11-7-13-23-3/h4-5,8-9H,6-7,10-13H2,1-3H3,(H2,18,19,20). The Hall–Kier alpha value is -2.08. The molecule has 0 fully saturated rings. The molecule has 2 aromatic rings. The smallest absolute Gasteiger partial charge is 0.190 e. The van der Waals surface area contributed by atoms with Crippen LogP contribution in [0.15, 0.2) is 29.3 Å². The van der Waals surface area contributed by atoms with E-state index in [1.807, 2.05) is 6.07 Å². The third kappa shape index (κ3) is 4.96. The zero-order chi connectivity index (χ0) is 16.5. The van der Waals surface area contributed by atoms with Crippen LogP contribution in [0.25, 0.3) is 11.0 Å². The number of benzene rings is 1. The molecule has 0 spiro atoms. The van der Waals surface area contributed by atoms with Crippen LogP contribution in [0.4, 0.5) is 0 Å². The number of imidazole rings is 1. The van der Waals surface area contributed by atoms with Crippen molar-refractivity contribution in [2.75, 3.05) is 33.9 Å². The quantitative estimate of drug-likeness (QED) is 0.444. The fraction of sp³-hybridized carbons (Fsp3) is 0.529. The average molecular weight is 317 g/mol. The number of fused-ring (bicyclic) bond motifs is 1. The van der Waals surface area contributed by atoms with E-state index in [4.69, 9.17) is 4.74 Å². The Labute approximate surface area is 138 Å². The lowest BCUT2D eigenvalue weighted by molar-refractivity contribution is 0.195. The monoisotopic (exact) mass is 317 g/mol. The summed E-state index contributed by atoms with van der Waals surface area (Å²) >= 11 is 0. The van der Waals surface area contributed by atoms with E-state index >= 15 is 0 Å². The number of aryl methyl sites for hydroxylation is 2. The van der Waals surface area contributed by atoms with Gasteiger partial charge in [0.15, 0.2) is 5.96 Å². The molecule has 23 heavy (non-hydrogen) atoms. The number of nitrogens with zero attached hydrogens (tertiary/aromatic N) is 3. The van der Waals surface area contributed by atoms with Crippen LogP contribution >= 0.6 is 0 Å². The number of hydrogen-bond acceptors (Lipinski definition) is 3. The van der Waals surface area contributed by atoms with Crippen molar-refractivity contribution in [1.82, 2.24) is 20.2 Å². The normalized spacial score (nSPS) is 11.9. The van der Waals surface area contributed by atoms with Gasteiger partial charge in [-0.1, -0.05) is 12.1 Å². The van der Waals surface area contributed by atoms with Crippen LogP contribution in [-0.4, -0.2) is 49.4 Å². The van der Waals surface area contributed by atoms with Crippen molar-refractivity contribution in [2.24, 2.45) is 4.99 Å². The van der Waals surface area contributed by atoms with Gasteiger partial charge in [-0.05, 0) is 31.9 Å². The molecule has 2 rings (SSSR count). The summed E-state index contributed by atoms with van der Waals surface area (Å²) in [6.07, 6.45) is 1.98. The average Bonchev–Trinajstić information content (AvgIpc) is 2.89. The Balaban J connectivity index is 1.77. The van der Waals surface area contributed by atoms with Crippen LogP contribution in [0.1, 0.15) is 18.7 Å². The predicted molar refractivity (Wildman–Crippen MR) is 94.9 cm³/mol. The molecule has 0 amide bonds. The number of hydrogen-bond donors (Lipinski definition) is 2. The van der Waals surface area contributed by atoms with Gasteiger partial charge in [-0.25, -0.2) is 4.98 Å². The van der Waals surface area contributed by atoms with Crippen molar-refractivity contribution < 1.29 is 4.74 Å². The molecule has 1 aromatic heterocycles. The second-order valence-corrected chi connectivity index (χ2v) is 5.43. The molecule has 1 heterocycles. The summed E-state index contributed by atoms with van der Waals surface area (Å²) in [5.74, 6) is 1.90. The molecule has 0 atom stereocenters. The lowest BCUT2D eigenvalue weighted by Crippen LogP contribution is -2.38. The highest BCUT2D eigenvalue weighted by atomic mass is 16.5. The van der Waals surface area contributed by atoms with Gasteiger partial charge in [0, 0.05) is 40.4 Å². The van der Waals surface area contributed by atoms with Crippen molar-refractivity contribution >= 4 is 17.0 Å². The third-order valence-corrected chi connectivity index (χ3v) is 3.74. The summed E-state index contributed by atoms with van der Waals surface area (Å²) in [7, 11) is 3.51. The fourth-order valence-corrected chi connectivity index (χ4v) is 2.57. The van der Waals surface area contributed by atoms with Gasteiger partial charge in [-0.3, -0.25) is 4.99 Å².